The number of rotatable bonds is 5. The van der Waals surface area contributed by atoms with Crippen molar-refractivity contribution in [3.05, 3.63) is 68.7 Å². The van der Waals surface area contributed by atoms with Crippen molar-refractivity contribution in [1.82, 2.24) is 0 Å². The van der Waals surface area contributed by atoms with Gasteiger partial charge in [0, 0.05) is 16.7 Å². The van der Waals surface area contributed by atoms with Crippen molar-refractivity contribution in [2.75, 3.05) is 7.11 Å². The van der Waals surface area contributed by atoms with Crippen molar-refractivity contribution in [3.63, 3.8) is 0 Å². The number of halogens is 1. The Hall–Kier alpha value is -3.13. The highest BCUT2D eigenvalue weighted by Gasteiger charge is 2.19. The Bertz CT molecular complexity index is 805. The van der Waals surface area contributed by atoms with Gasteiger partial charge in [0.25, 0.3) is 0 Å². The number of hydrogen-bond acceptors (Lipinski definition) is 6. The molecule has 0 bridgehead atoms. The minimum Gasteiger partial charge on any atom is -0.490 e. The van der Waals surface area contributed by atoms with E-state index in [0.717, 1.165) is 6.07 Å². The van der Waals surface area contributed by atoms with Crippen LogP contribution in [-0.2, 0) is 4.84 Å². The largest absolute Gasteiger partial charge is 0.490 e. The van der Waals surface area contributed by atoms with Crippen molar-refractivity contribution in [1.29, 1.82) is 0 Å². The lowest BCUT2D eigenvalue weighted by Gasteiger charge is -2.04. The van der Waals surface area contributed by atoms with Gasteiger partial charge < -0.3 is 15.3 Å². The van der Waals surface area contributed by atoms with Crippen LogP contribution in [0.25, 0.3) is 0 Å². The third kappa shape index (κ3) is 3.99. The zero-order valence-electron chi connectivity index (χ0n) is 12.4. The fourth-order valence-corrected chi connectivity index (χ4v) is 1.90. The van der Waals surface area contributed by atoms with Gasteiger partial charge in [-0.2, -0.15) is 0 Å². The Morgan fingerprint density at radius 1 is 1.21 bits per heavy atom. The maximum Gasteiger partial charge on any atom is 0.366 e. The van der Waals surface area contributed by atoms with E-state index in [-0.39, 0.29) is 22.8 Å². The minimum absolute atomic E-state index is 0.0285. The number of benzene rings is 2. The van der Waals surface area contributed by atoms with Crippen LogP contribution in [0.3, 0.4) is 0 Å². The van der Waals surface area contributed by atoms with E-state index in [4.69, 9.17) is 26.9 Å². The lowest BCUT2D eigenvalue weighted by molar-refractivity contribution is -0.385. The number of hydrogen-bond donors (Lipinski definition) is 1. The Morgan fingerprint density at radius 3 is 2.42 bits per heavy atom. The second-order valence-electron chi connectivity index (χ2n) is 4.51. The highest BCUT2D eigenvalue weighted by atomic mass is 35.5. The van der Waals surface area contributed by atoms with E-state index >= 15 is 0 Å². The number of carbonyl (C=O) groups is 1. The van der Waals surface area contributed by atoms with E-state index in [1.54, 1.807) is 24.3 Å². The fraction of sp³-hybridized carbons (Fsp3) is 0.0667. The van der Waals surface area contributed by atoms with Crippen LogP contribution in [-0.4, -0.2) is 23.8 Å². The predicted octanol–water partition coefficient (Wildman–Crippen LogP) is 2.73. The first-order valence-corrected chi connectivity index (χ1v) is 6.93. The van der Waals surface area contributed by atoms with Crippen LogP contribution in [0.1, 0.15) is 15.9 Å². The van der Waals surface area contributed by atoms with E-state index < -0.39 is 10.9 Å². The molecule has 0 aliphatic heterocycles. The molecule has 0 spiro atoms. The van der Waals surface area contributed by atoms with Gasteiger partial charge in [-0.25, -0.2) is 4.79 Å². The Balaban J connectivity index is 2.17. The standard InChI is InChI=1S/C15H12ClN3O5/c1-23-13-7-4-10(8-12(13)19(21)22)15(20)24-18-14(17)9-2-5-11(16)6-3-9/h2-8H,1H3,(H2,17,18). The highest BCUT2D eigenvalue weighted by molar-refractivity contribution is 6.30. The molecule has 0 radical (unpaired) electrons. The third-order valence-corrected chi connectivity index (χ3v) is 3.23. The lowest BCUT2D eigenvalue weighted by Crippen LogP contribution is -2.15. The summed E-state index contributed by atoms with van der Waals surface area (Å²) in [6.07, 6.45) is 0. The van der Waals surface area contributed by atoms with Gasteiger partial charge in [0.1, 0.15) is 0 Å². The van der Waals surface area contributed by atoms with Crippen LogP contribution >= 0.6 is 11.6 Å². The molecule has 0 fully saturated rings. The zero-order chi connectivity index (χ0) is 17.7. The molecule has 124 valence electrons. The second kappa shape index (κ2) is 7.42. The summed E-state index contributed by atoms with van der Waals surface area (Å²) in [6, 6.07) is 10.1. The fourth-order valence-electron chi connectivity index (χ4n) is 1.78. The average molecular weight is 350 g/mol. The molecule has 0 heterocycles. The number of carbonyl (C=O) groups excluding carboxylic acids is 1. The maximum atomic E-state index is 11.9. The van der Waals surface area contributed by atoms with Crippen LogP contribution < -0.4 is 10.5 Å². The van der Waals surface area contributed by atoms with E-state index in [0.29, 0.717) is 10.6 Å². The Morgan fingerprint density at radius 2 is 1.83 bits per heavy atom. The number of oxime groups is 1. The number of amidine groups is 1. The first kappa shape index (κ1) is 17.2. The van der Waals surface area contributed by atoms with Crippen molar-refractivity contribution in [2.24, 2.45) is 10.9 Å². The van der Waals surface area contributed by atoms with Gasteiger partial charge in [-0.05, 0) is 36.4 Å². The van der Waals surface area contributed by atoms with Crippen LogP contribution in [0.5, 0.6) is 5.75 Å². The third-order valence-electron chi connectivity index (χ3n) is 2.98. The monoisotopic (exact) mass is 349 g/mol. The van der Waals surface area contributed by atoms with E-state index in [2.05, 4.69) is 5.16 Å². The van der Waals surface area contributed by atoms with Gasteiger partial charge >= 0.3 is 11.7 Å². The Kier molecular flexibility index (Phi) is 5.33. The summed E-state index contributed by atoms with van der Waals surface area (Å²) >= 11 is 5.76. The smallest absolute Gasteiger partial charge is 0.366 e. The van der Waals surface area contributed by atoms with Gasteiger partial charge in [0.2, 0.25) is 0 Å². The minimum atomic E-state index is -0.891. The molecule has 0 aliphatic rings. The van der Waals surface area contributed by atoms with E-state index in [9.17, 15) is 14.9 Å². The first-order valence-electron chi connectivity index (χ1n) is 6.55. The predicted molar refractivity (Wildman–Crippen MR) is 87.2 cm³/mol. The summed E-state index contributed by atoms with van der Waals surface area (Å²) in [5.74, 6) is -0.901. The van der Waals surface area contributed by atoms with Gasteiger partial charge in [-0.3, -0.25) is 10.1 Å². The Labute approximate surface area is 141 Å². The molecule has 0 unspecified atom stereocenters. The van der Waals surface area contributed by atoms with E-state index in [1.807, 2.05) is 0 Å². The molecule has 9 heteroatoms. The van der Waals surface area contributed by atoms with Crippen LogP contribution in [0.4, 0.5) is 5.69 Å². The number of nitro groups is 1. The molecule has 8 nitrogen and oxygen atoms in total. The summed E-state index contributed by atoms with van der Waals surface area (Å²) in [5.41, 5.74) is 5.78. The summed E-state index contributed by atoms with van der Waals surface area (Å²) in [4.78, 5) is 26.9. The molecule has 0 atom stereocenters. The number of ether oxygens (including phenoxy) is 1. The molecule has 24 heavy (non-hydrogen) atoms. The van der Waals surface area contributed by atoms with Gasteiger partial charge in [0.05, 0.1) is 17.6 Å². The number of nitro benzene ring substituents is 1. The molecule has 2 aromatic carbocycles. The van der Waals surface area contributed by atoms with Gasteiger partial charge in [0.15, 0.2) is 11.6 Å². The zero-order valence-corrected chi connectivity index (χ0v) is 13.2. The van der Waals surface area contributed by atoms with Crippen molar-refractivity contribution in [2.45, 2.75) is 0 Å². The number of methoxy groups -OCH3 is 1. The first-order chi connectivity index (χ1) is 11.4. The lowest BCUT2D eigenvalue weighted by atomic mass is 10.2. The summed E-state index contributed by atoms with van der Waals surface area (Å²) < 4.78 is 4.85. The summed E-state index contributed by atoms with van der Waals surface area (Å²) in [7, 11) is 1.29. The SMILES string of the molecule is COc1ccc(C(=O)O/N=C(/N)c2ccc(Cl)cc2)cc1[N+](=O)[O-]. The van der Waals surface area contributed by atoms with Gasteiger partial charge in [-0.15, -0.1) is 0 Å². The highest BCUT2D eigenvalue weighted by Crippen LogP contribution is 2.27. The van der Waals surface area contributed by atoms with Crippen molar-refractivity contribution >= 4 is 29.1 Å². The topological polar surface area (TPSA) is 117 Å². The van der Waals surface area contributed by atoms with E-state index in [1.165, 1.54) is 19.2 Å². The maximum absolute atomic E-state index is 11.9. The summed E-state index contributed by atoms with van der Waals surface area (Å²) in [6.45, 7) is 0. The average Bonchev–Trinajstić information content (AvgIpc) is 2.59. The van der Waals surface area contributed by atoms with Gasteiger partial charge in [-0.1, -0.05) is 16.8 Å². The molecule has 0 aliphatic carbocycles. The normalized spacial score (nSPS) is 11.0. The van der Waals surface area contributed by atoms with Crippen LogP contribution in [0.15, 0.2) is 47.6 Å². The molecular formula is C15H12ClN3O5. The van der Waals surface area contributed by atoms with Crippen molar-refractivity contribution < 1.29 is 19.3 Å². The number of nitrogens with zero attached hydrogens (tertiary/aromatic N) is 2. The molecule has 2 N–H and O–H groups in total. The molecule has 2 rings (SSSR count). The quantitative estimate of drug-likeness (QED) is 0.291. The van der Waals surface area contributed by atoms with Crippen LogP contribution in [0, 0.1) is 10.1 Å². The van der Waals surface area contributed by atoms with Crippen molar-refractivity contribution in [3.8, 4) is 5.75 Å². The molecule has 0 saturated carbocycles. The number of nitrogens with two attached hydrogens (primary N) is 1. The molecule has 0 aromatic heterocycles. The molecular weight excluding hydrogens is 338 g/mol. The second-order valence-corrected chi connectivity index (χ2v) is 4.94. The van der Waals surface area contributed by atoms with Crippen LogP contribution in [0.2, 0.25) is 5.02 Å². The molecule has 2 aromatic rings. The summed E-state index contributed by atoms with van der Waals surface area (Å²) in [5, 5.41) is 15.0. The molecule has 0 amide bonds. The molecule has 0 saturated heterocycles.